The third kappa shape index (κ3) is 3.19. The number of benzene rings is 1. The number of amides is 1. The third-order valence-corrected chi connectivity index (χ3v) is 4.60. The number of carbonyl (C=O) groups excluding carboxylic acids is 1. The first-order valence-electron chi connectivity index (χ1n) is 9.09. The quantitative estimate of drug-likeness (QED) is 0.717. The van der Waals surface area contributed by atoms with Crippen molar-refractivity contribution >= 4 is 22.6 Å². The number of nitrogens with zero attached hydrogens (tertiary/aromatic N) is 4. The van der Waals surface area contributed by atoms with Gasteiger partial charge in [0, 0.05) is 25.1 Å². The largest absolute Gasteiger partial charge is 0.492 e. The number of hydrogen-bond donors (Lipinski definition) is 1. The Morgan fingerprint density at radius 1 is 1.43 bits per heavy atom. The van der Waals surface area contributed by atoms with E-state index in [1.54, 1.807) is 13.1 Å². The fraction of sp³-hybridized carbons (Fsp3) is 0.368. The van der Waals surface area contributed by atoms with E-state index < -0.39 is 0 Å². The van der Waals surface area contributed by atoms with E-state index in [0.29, 0.717) is 29.1 Å². The van der Waals surface area contributed by atoms with Crippen LogP contribution in [0.4, 0.5) is 5.69 Å². The minimum Gasteiger partial charge on any atom is -0.492 e. The van der Waals surface area contributed by atoms with Crippen LogP contribution >= 0.6 is 0 Å². The number of fused-ring (bicyclic) bond motifs is 2. The molecule has 0 bridgehead atoms. The first kappa shape index (κ1) is 18.0. The molecule has 0 saturated carbocycles. The van der Waals surface area contributed by atoms with Crippen LogP contribution in [0.1, 0.15) is 19.4 Å². The predicted octanol–water partition coefficient (Wildman–Crippen LogP) is 1.49. The molecule has 1 aliphatic heterocycles. The zero-order valence-electron chi connectivity index (χ0n) is 15.9. The molecule has 1 atom stereocenters. The van der Waals surface area contributed by atoms with Gasteiger partial charge in [0.15, 0.2) is 5.65 Å². The maximum absolute atomic E-state index is 12.6. The van der Waals surface area contributed by atoms with Gasteiger partial charge in [-0.1, -0.05) is 0 Å². The molecule has 0 unspecified atom stereocenters. The molecule has 1 aliphatic rings. The van der Waals surface area contributed by atoms with E-state index >= 15 is 0 Å². The molecule has 1 amide bonds. The summed E-state index contributed by atoms with van der Waals surface area (Å²) in [5, 5.41) is 7.21. The fourth-order valence-corrected chi connectivity index (χ4v) is 3.34. The van der Waals surface area contributed by atoms with E-state index in [9.17, 15) is 9.59 Å². The summed E-state index contributed by atoms with van der Waals surface area (Å²) in [6.45, 7) is 4.18. The highest BCUT2D eigenvalue weighted by molar-refractivity contribution is 5.92. The van der Waals surface area contributed by atoms with E-state index in [4.69, 9.17) is 9.47 Å². The average molecular weight is 383 g/mol. The minimum atomic E-state index is -0.362. The number of anilines is 1. The summed E-state index contributed by atoms with van der Waals surface area (Å²) >= 11 is 0. The molecule has 146 valence electrons. The first-order chi connectivity index (χ1) is 13.5. The zero-order valence-corrected chi connectivity index (χ0v) is 15.9. The SMILES string of the molecule is CCOc1cc2c(cc1NC(=O)Cn1cnc3c(cnn3C)c1=O)O[C@@H](C)C2. The Labute approximate surface area is 160 Å². The van der Waals surface area contributed by atoms with Crippen LogP contribution in [-0.2, 0) is 24.8 Å². The number of aryl methyl sites for hydroxylation is 1. The third-order valence-electron chi connectivity index (χ3n) is 4.60. The van der Waals surface area contributed by atoms with E-state index in [2.05, 4.69) is 15.4 Å². The molecule has 9 nitrogen and oxygen atoms in total. The highest BCUT2D eigenvalue weighted by Gasteiger charge is 2.23. The average Bonchev–Trinajstić information content (AvgIpc) is 3.20. The summed E-state index contributed by atoms with van der Waals surface area (Å²) in [6, 6.07) is 3.67. The Hall–Kier alpha value is -3.36. The van der Waals surface area contributed by atoms with Crippen molar-refractivity contribution in [1.29, 1.82) is 0 Å². The molecular formula is C19H21N5O4. The number of rotatable bonds is 5. The molecule has 0 spiro atoms. The van der Waals surface area contributed by atoms with Crippen molar-refractivity contribution in [2.24, 2.45) is 7.05 Å². The van der Waals surface area contributed by atoms with Crippen LogP contribution in [0.5, 0.6) is 11.5 Å². The summed E-state index contributed by atoms with van der Waals surface area (Å²) in [5.41, 5.74) is 1.73. The molecule has 0 radical (unpaired) electrons. The van der Waals surface area contributed by atoms with Gasteiger partial charge in [0.25, 0.3) is 5.56 Å². The molecule has 28 heavy (non-hydrogen) atoms. The van der Waals surface area contributed by atoms with E-state index in [0.717, 1.165) is 17.7 Å². The fourth-order valence-electron chi connectivity index (χ4n) is 3.34. The Morgan fingerprint density at radius 3 is 3.04 bits per heavy atom. The standard InChI is InChI=1S/C19H21N5O4/c1-4-27-16-6-12-5-11(2)28-15(12)7-14(16)22-17(25)9-24-10-20-18-13(19(24)26)8-21-23(18)3/h6-8,10-11H,4-5,9H2,1-3H3,(H,22,25)/t11-/m0/s1. The van der Waals surface area contributed by atoms with E-state index in [-0.39, 0.29) is 24.1 Å². The Kier molecular flexibility index (Phi) is 4.50. The van der Waals surface area contributed by atoms with Gasteiger partial charge in [-0.2, -0.15) is 5.10 Å². The lowest BCUT2D eigenvalue weighted by atomic mass is 10.1. The van der Waals surface area contributed by atoms with Crippen molar-refractivity contribution in [3.05, 3.63) is 40.6 Å². The molecule has 1 aromatic carbocycles. The molecule has 0 saturated heterocycles. The van der Waals surface area contributed by atoms with Crippen molar-refractivity contribution < 1.29 is 14.3 Å². The molecule has 3 aromatic rings. The summed E-state index contributed by atoms with van der Waals surface area (Å²) < 4.78 is 14.2. The van der Waals surface area contributed by atoms with Crippen molar-refractivity contribution in [3.8, 4) is 11.5 Å². The Bertz CT molecular complexity index is 1120. The number of hydrogen-bond acceptors (Lipinski definition) is 6. The van der Waals surface area contributed by atoms with Crippen molar-refractivity contribution in [2.45, 2.75) is 32.9 Å². The maximum atomic E-state index is 12.6. The zero-order chi connectivity index (χ0) is 19.8. The van der Waals surface area contributed by atoms with Gasteiger partial charge in [-0.05, 0) is 19.9 Å². The monoisotopic (exact) mass is 383 g/mol. The smallest absolute Gasteiger partial charge is 0.264 e. The number of aromatic nitrogens is 4. The van der Waals surface area contributed by atoms with Gasteiger partial charge in [0.05, 0.1) is 18.5 Å². The van der Waals surface area contributed by atoms with Gasteiger partial charge < -0.3 is 14.8 Å². The van der Waals surface area contributed by atoms with Crippen LogP contribution in [0.2, 0.25) is 0 Å². The van der Waals surface area contributed by atoms with Gasteiger partial charge in [0.1, 0.15) is 35.9 Å². The molecule has 9 heteroatoms. The Morgan fingerprint density at radius 2 is 2.25 bits per heavy atom. The summed E-state index contributed by atoms with van der Waals surface area (Å²) in [6.07, 6.45) is 3.69. The highest BCUT2D eigenvalue weighted by Crippen LogP contribution is 2.38. The van der Waals surface area contributed by atoms with Crippen LogP contribution in [0, 0.1) is 0 Å². The van der Waals surface area contributed by atoms with Crippen molar-refractivity contribution in [1.82, 2.24) is 19.3 Å². The summed E-state index contributed by atoms with van der Waals surface area (Å²) in [5.74, 6) is 0.960. The molecule has 0 fully saturated rings. The lowest BCUT2D eigenvalue weighted by Crippen LogP contribution is -2.28. The lowest BCUT2D eigenvalue weighted by Gasteiger charge is -2.14. The topological polar surface area (TPSA) is 100 Å². The van der Waals surface area contributed by atoms with E-state index in [1.165, 1.54) is 21.8 Å². The van der Waals surface area contributed by atoms with Gasteiger partial charge in [-0.15, -0.1) is 0 Å². The van der Waals surface area contributed by atoms with Crippen LogP contribution in [-0.4, -0.2) is 37.9 Å². The second-order valence-corrected chi connectivity index (χ2v) is 6.75. The molecule has 2 aromatic heterocycles. The van der Waals surface area contributed by atoms with Crippen molar-refractivity contribution in [3.63, 3.8) is 0 Å². The van der Waals surface area contributed by atoms with E-state index in [1.807, 2.05) is 19.9 Å². The lowest BCUT2D eigenvalue weighted by molar-refractivity contribution is -0.116. The van der Waals surface area contributed by atoms with Crippen LogP contribution in [0.15, 0.2) is 29.5 Å². The first-order valence-corrected chi connectivity index (χ1v) is 9.09. The van der Waals surface area contributed by atoms with Crippen molar-refractivity contribution in [2.75, 3.05) is 11.9 Å². The molecule has 1 N–H and O–H groups in total. The molecule has 3 heterocycles. The maximum Gasteiger partial charge on any atom is 0.264 e. The van der Waals surface area contributed by atoms with Gasteiger partial charge in [-0.25, -0.2) is 4.98 Å². The minimum absolute atomic E-state index is 0.0892. The second-order valence-electron chi connectivity index (χ2n) is 6.75. The number of nitrogens with one attached hydrogen (secondary N) is 1. The summed E-state index contributed by atoms with van der Waals surface area (Å²) in [7, 11) is 1.71. The van der Waals surface area contributed by atoms with Crippen LogP contribution < -0.4 is 20.3 Å². The molecule has 4 rings (SSSR count). The van der Waals surface area contributed by atoms with Gasteiger partial charge in [-0.3, -0.25) is 18.8 Å². The summed E-state index contributed by atoms with van der Waals surface area (Å²) in [4.78, 5) is 29.3. The normalized spacial score (nSPS) is 15.3. The predicted molar refractivity (Wildman–Crippen MR) is 103 cm³/mol. The van der Waals surface area contributed by atoms with Crippen LogP contribution in [0.25, 0.3) is 11.0 Å². The van der Waals surface area contributed by atoms with Gasteiger partial charge in [0.2, 0.25) is 5.91 Å². The number of ether oxygens (including phenoxy) is 2. The van der Waals surface area contributed by atoms with Crippen LogP contribution in [0.3, 0.4) is 0 Å². The van der Waals surface area contributed by atoms with Gasteiger partial charge >= 0.3 is 0 Å². The second kappa shape index (κ2) is 6.99. The number of carbonyl (C=O) groups is 1. The highest BCUT2D eigenvalue weighted by atomic mass is 16.5. The molecule has 0 aliphatic carbocycles. The Balaban J connectivity index is 1.58. The molecular weight excluding hydrogens is 362 g/mol.